The van der Waals surface area contributed by atoms with E-state index >= 15 is 0 Å². The van der Waals surface area contributed by atoms with Crippen LogP contribution in [-0.2, 0) is 14.4 Å². The van der Waals surface area contributed by atoms with Crippen LogP contribution in [0.2, 0.25) is 0 Å². The molecular weight excluding hydrogens is 164 g/mol. The smallest absolute Gasteiger partial charge is 0.328 e. The van der Waals surface area contributed by atoms with Gasteiger partial charge in [-0.05, 0) is 6.08 Å². The summed E-state index contributed by atoms with van der Waals surface area (Å²) in [5.74, 6) is -2.80. The van der Waals surface area contributed by atoms with Crippen LogP contribution in [0.15, 0.2) is 12.2 Å². The number of hydrogen-bond acceptors (Lipinski definition) is 3. The van der Waals surface area contributed by atoms with E-state index in [-0.39, 0.29) is 12.8 Å². The maximum absolute atomic E-state index is 10.6. The van der Waals surface area contributed by atoms with Crippen molar-refractivity contribution in [2.75, 3.05) is 0 Å². The van der Waals surface area contributed by atoms with Gasteiger partial charge < -0.3 is 10.2 Å². The van der Waals surface area contributed by atoms with Gasteiger partial charge in [-0.15, -0.1) is 0 Å². The highest BCUT2D eigenvalue weighted by Gasteiger charge is 2.01. The molecule has 5 nitrogen and oxygen atoms in total. The molecule has 0 amide bonds. The Hall–Kier alpha value is -1.65. The lowest BCUT2D eigenvalue weighted by Crippen LogP contribution is -2.01. The van der Waals surface area contributed by atoms with Crippen LogP contribution >= 0.6 is 0 Å². The predicted molar refractivity (Wildman–Crippen MR) is 38.7 cm³/mol. The largest absolute Gasteiger partial charge is 0.481 e. The van der Waals surface area contributed by atoms with Crippen molar-refractivity contribution in [2.45, 2.75) is 12.8 Å². The molecule has 0 radical (unpaired) electrons. The molecule has 0 aliphatic rings. The molecule has 66 valence electrons. The fourth-order valence-corrected chi connectivity index (χ4v) is 0.478. The minimum atomic E-state index is -1.22. The molecule has 0 rings (SSSR count). The third-order valence-corrected chi connectivity index (χ3v) is 0.997. The summed E-state index contributed by atoms with van der Waals surface area (Å²) in [6.07, 6.45) is 1.09. The highest BCUT2D eigenvalue weighted by atomic mass is 16.4. The molecule has 0 saturated heterocycles. The monoisotopic (exact) mass is 172 g/mol. The maximum Gasteiger partial charge on any atom is 0.328 e. The Labute approximate surface area is 68.3 Å². The number of allylic oxidation sites excluding steroid dienone is 1. The van der Waals surface area contributed by atoms with Crippen LogP contribution < -0.4 is 0 Å². The molecule has 5 heteroatoms. The van der Waals surface area contributed by atoms with E-state index in [2.05, 4.69) is 0 Å². The molecule has 2 N–H and O–H groups in total. The Kier molecular flexibility index (Phi) is 4.36. The van der Waals surface area contributed by atoms with Gasteiger partial charge in [-0.2, -0.15) is 0 Å². The minimum Gasteiger partial charge on any atom is -0.481 e. The molecule has 0 heterocycles. The Balaban J connectivity index is 3.75. The van der Waals surface area contributed by atoms with Crippen LogP contribution in [0.3, 0.4) is 0 Å². The Morgan fingerprint density at radius 2 is 1.58 bits per heavy atom. The average molecular weight is 172 g/mol. The number of hydrogen-bond donors (Lipinski definition) is 2. The summed E-state index contributed by atoms with van der Waals surface area (Å²) >= 11 is 0. The summed E-state index contributed by atoms with van der Waals surface area (Å²) in [4.78, 5) is 30.5. The summed E-state index contributed by atoms with van der Waals surface area (Å²) in [6.45, 7) is 0. The molecule has 0 saturated carbocycles. The van der Waals surface area contributed by atoms with E-state index in [0.29, 0.717) is 6.08 Å². The highest BCUT2D eigenvalue weighted by molar-refractivity contribution is 5.96. The summed E-state index contributed by atoms with van der Waals surface area (Å²) in [6, 6.07) is 0. The van der Waals surface area contributed by atoms with Crippen LogP contribution in [0, 0.1) is 0 Å². The molecule has 12 heavy (non-hydrogen) atoms. The van der Waals surface area contributed by atoms with Crippen molar-refractivity contribution in [1.82, 2.24) is 0 Å². The summed E-state index contributed by atoms with van der Waals surface area (Å²) in [5.41, 5.74) is 0. The van der Waals surface area contributed by atoms with Crippen LogP contribution in [-0.4, -0.2) is 27.9 Å². The Bertz CT molecular complexity index is 228. The van der Waals surface area contributed by atoms with E-state index in [9.17, 15) is 14.4 Å². The van der Waals surface area contributed by atoms with E-state index in [1.54, 1.807) is 0 Å². The molecule has 0 bridgehead atoms. The number of carboxylic acids is 2. The molecule has 0 fully saturated rings. The van der Waals surface area contributed by atoms with Crippen LogP contribution in [0.4, 0.5) is 0 Å². The lowest BCUT2D eigenvalue weighted by Gasteiger charge is -1.88. The standard InChI is InChI=1S/C7H8O5/c8-5(1-3-6(9)10)2-4-7(11)12/h1,3H,2,4H2,(H,9,10)(H,11,12). The lowest BCUT2D eigenvalue weighted by atomic mass is 10.2. The van der Waals surface area contributed by atoms with Gasteiger partial charge in [0.25, 0.3) is 0 Å². The van der Waals surface area contributed by atoms with Crippen molar-refractivity contribution in [3.05, 3.63) is 12.2 Å². The maximum atomic E-state index is 10.6. The zero-order chi connectivity index (χ0) is 9.56. The van der Waals surface area contributed by atoms with E-state index in [1.165, 1.54) is 0 Å². The third-order valence-electron chi connectivity index (χ3n) is 0.997. The zero-order valence-electron chi connectivity index (χ0n) is 6.19. The van der Waals surface area contributed by atoms with Crippen molar-refractivity contribution in [2.24, 2.45) is 0 Å². The Morgan fingerprint density at radius 3 is 2.00 bits per heavy atom. The fraction of sp³-hybridized carbons (Fsp3) is 0.286. The number of aliphatic carboxylic acids is 2. The molecule has 0 atom stereocenters. The van der Waals surface area contributed by atoms with Gasteiger partial charge in [0.1, 0.15) is 0 Å². The molecule has 0 aliphatic carbocycles. The van der Waals surface area contributed by atoms with Gasteiger partial charge >= 0.3 is 11.9 Å². The SMILES string of the molecule is O=C(O)C=CC(=O)CCC(=O)O. The zero-order valence-corrected chi connectivity index (χ0v) is 6.19. The number of carbonyl (C=O) groups is 3. The topological polar surface area (TPSA) is 91.7 Å². The molecule has 0 aromatic heterocycles. The first kappa shape index (κ1) is 10.3. The molecular formula is C7H8O5. The average Bonchev–Trinajstić information content (AvgIpc) is 1.96. The van der Waals surface area contributed by atoms with E-state index < -0.39 is 17.7 Å². The normalized spacial score (nSPS) is 10.0. The number of carboxylic acid groups (broad SMARTS) is 2. The summed E-state index contributed by atoms with van der Waals surface area (Å²) in [5, 5.41) is 16.2. The first-order valence-corrected chi connectivity index (χ1v) is 3.18. The van der Waals surface area contributed by atoms with E-state index in [0.717, 1.165) is 6.08 Å². The van der Waals surface area contributed by atoms with Crippen molar-refractivity contribution in [1.29, 1.82) is 0 Å². The van der Waals surface area contributed by atoms with Gasteiger partial charge in [0.2, 0.25) is 0 Å². The number of ketones is 1. The van der Waals surface area contributed by atoms with Crippen molar-refractivity contribution in [3.63, 3.8) is 0 Å². The minimum absolute atomic E-state index is 0.168. The molecule has 0 aromatic rings. The van der Waals surface area contributed by atoms with Crippen LogP contribution in [0.5, 0.6) is 0 Å². The second-order valence-corrected chi connectivity index (χ2v) is 2.03. The van der Waals surface area contributed by atoms with Gasteiger partial charge in [0.15, 0.2) is 5.78 Å². The van der Waals surface area contributed by atoms with Crippen molar-refractivity contribution >= 4 is 17.7 Å². The highest BCUT2D eigenvalue weighted by Crippen LogP contribution is 1.92. The number of rotatable bonds is 5. The third kappa shape index (κ3) is 6.47. The second-order valence-electron chi connectivity index (χ2n) is 2.03. The molecule has 0 aliphatic heterocycles. The van der Waals surface area contributed by atoms with E-state index in [4.69, 9.17) is 10.2 Å². The Morgan fingerprint density at radius 1 is 1.00 bits per heavy atom. The molecule has 0 aromatic carbocycles. The van der Waals surface area contributed by atoms with Crippen LogP contribution in [0.25, 0.3) is 0 Å². The van der Waals surface area contributed by atoms with Gasteiger partial charge in [-0.25, -0.2) is 4.79 Å². The van der Waals surface area contributed by atoms with Gasteiger partial charge in [-0.3, -0.25) is 9.59 Å². The van der Waals surface area contributed by atoms with Gasteiger partial charge in [0.05, 0.1) is 6.42 Å². The second kappa shape index (κ2) is 5.06. The van der Waals surface area contributed by atoms with Crippen molar-refractivity contribution < 1.29 is 24.6 Å². The number of carbonyl (C=O) groups excluding carboxylic acids is 1. The fourth-order valence-electron chi connectivity index (χ4n) is 0.478. The van der Waals surface area contributed by atoms with E-state index in [1.807, 2.05) is 0 Å². The molecule has 0 unspecified atom stereocenters. The van der Waals surface area contributed by atoms with Crippen LogP contribution in [0.1, 0.15) is 12.8 Å². The van der Waals surface area contributed by atoms with Crippen molar-refractivity contribution in [3.8, 4) is 0 Å². The predicted octanol–water partition coefficient (Wildman–Crippen LogP) is 0.0611. The quantitative estimate of drug-likeness (QED) is 0.572. The molecule has 0 spiro atoms. The lowest BCUT2D eigenvalue weighted by molar-refractivity contribution is -0.138. The summed E-state index contributed by atoms with van der Waals surface area (Å²) in [7, 11) is 0. The first-order valence-electron chi connectivity index (χ1n) is 3.18. The first-order chi connectivity index (χ1) is 5.52. The van der Waals surface area contributed by atoms with Gasteiger partial charge in [-0.1, -0.05) is 0 Å². The summed E-state index contributed by atoms with van der Waals surface area (Å²) < 4.78 is 0. The van der Waals surface area contributed by atoms with Gasteiger partial charge in [0, 0.05) is 12.5 Å².